The summed E-state index contributed by atoms with van der Waals surface area (Å²) in [6, 6.07) is 4.15. The molecule has 2 unspecified atom stereocenters. The molecular formula is C15H25N3O2. The zero-order chi connectivity index (χ0) is 14.7. The number of hydrogen-bond donors (Lipinski definition) is 1. The van der Waals surface area contributed by atoms with E-state index in [4.69, 9.17) is 10.2 Å². The molecule has 0 radical (unpaired) electrons. The van der Waals surface area contributed by atoms with Crippen LogP contribution in [-0.2, 0) is 4.79 Å². The van der Waals surface area contributed by atoms with Gasteiger partial charge in [-0.2, -0.15) is 0 Å². The molecule has 2 atom stereocenters. The molecule has 2 N–H and O–H groups in total. The highest BCUT2D eigenvalue weighted by Crippen LogP contribution is 2.27. The number of hydrogen-bond acceptors (Lipinski definition) is 4. The van der Waals surface area contributed by atoms with Gasteiger partial charge in [-0.3, -0.25) is 9.69 Å². The van der Waals surface area contributed by atoms with Crippen molar-refractivity contribution in [3.05, 3.63) is 23.7 Å². The summed E-state index contributed by atoms with van der Waals surface area (Å²) in [5.74, 6) is 2.00. The number of amides is 1. The Morgan fingerprint density at radius 2 is 2.00 bits per heavy atom. The first-order chi connectivity index (χ1) is 9.52. The van der Waals surface area contributed by atoms with Gasteiger partial charge in [-0.25, -0.2) is 0 Å². The second-order valence-corrected chi connectivity index (χ2v) is 5.51. The summed E-state index contributed by atoms with van der Waals surface area (Å²) in [7, 11) is 0. The molecule has 1 aromatic rings. The normalized spacial score (nSPS) is 19.9. The summed E-state index contributed by atoms with van der Waals surface area (Å²) in [6.07, 6.45) is 0.900. The molecule has 1 aliphatic heterocycles. The zero-order valence-corrected chi connectivity index (χ0v) is 12.6. The van der Waals surface area contributed by atoms with Crippen LogP contribution < -0.4 is 5.73 Å². The summed E-state index contributed by atoms with van der Waals surface area (Å²) in [6.45, 7) is 8.89. The van der Waals surface area contributed by atoms with Gasteiger partial charge >= 0.3 is 0 Å². The minimum absolute atomic E-state index is 0.0458. The Balaban J connectivity index is 2.11. The van der Waals surface area contributed by atoms with Crippen molar-refractivity contribution in [2.75, 3.05) is 26.2 Å². The molecule has 0 aromatic carbocycles. The van der Waals surface area contributed by atoms with Crippen molar-refractivity contribution in [3.63, 3.8) is 0 Å². The van der Waals surface area contributed by atoms with Gasteiger partial charge < -0.3 is 15.1 Å². The number of rotatable bonds is 4. The molecule has 2 rings (SSSR count). The van der Waals surface area contributed by atoms with Crippen LogP contribution in [0.1, 0.15) is 37.8 Å². The summed E-state index contributed by atoms with van der Waals surface area (Å²) in [5, 5.41) is 0. The average molecular weight is 279 g/mol. The minimum Gasteiger partial charge on any atom is -0.465 e. The van der Waals surface area contributed by atoms with Gasteiger partial charge in [0.15, 0.2) is 0 Å². The van der Waals surface area contributed by atoms with Gasteiger partial charge in [0, 0.05) is 39.1 Å². The lowest BCUT2D eigenvalue weighted by atomic mass is 10.0. The molecule has 0 saturated carbocycles. The van der Waals surface area contributed by atoms with Crippen LogP contribution in [0.15, 0.2) is 16.5 Å². The van der Waals surface area contributed by atoms with E-state index >= 15 is 0 Å². The number of nitrogens with zero attached hydrogens (tertiary/aromatic N) is 2. The molecule has 20 heavy (non-hydrogen) atoms. The lowest BCUT2D eigenvalue weighted by Gasteiger charge is -2.40. The van der Waals surface area contributed by atoms with Crippen LogP contribution in [-0.4, -0.2) is 47.9 Å². The average Bonchev–Trinajstić information content (AvgIpc) is 2.85. The SMILES string of the molecule is CCC(N)C(c1ccc(C)o1)N1CCN(C(C)=O)CC1. The van der Waals surface area contributed by atoms with Crippen LogP contribution in [0.5, 0.6) is 0 Å². The Kier molecular flexibility index (Phi) is 4.83. The smallest absolute Gasteiger partial charge is 0.219 e. The van der Waals surface area contributed by atoms with E-state index in [9.17, 15) is 4.79 Å². The van der Waals surface area contributed by atoms with Crippen LogP contribution in [0.4, 0.5) is 0 Å². The molecule has 5 heteroatoms. The highest BCUT2D eigenvalue weighted by Gasteiger charge is 2.31. The van der Waals surface area contributed by atoms with E-state index in [0.717, 1.165) is 44.1 Å². The topological polar surface area (TPSA) is 62.7 Å². The Labute approximate surface area is 120 Å². The van der Waals surface area contributed by atoms with Crippen molar-refractivity contribution in [1.82, 2.24) is 9.80 Å². The fourth-order valence-electron chi connectivity index (χ4n) is 2.81. The molecule has 1 amide bonds. The molecule has 5 nitrogen and oxygen atoms in total. The maximum atomic E-state index is 11.4. The van der Waals surface area contributed by atoms with Crippen molar-refractivity contribution in [1.29, 1.82) is 0 Å². The lowest BCUT2D eigenvalue weighted by molar-refractivity contribution is -0.131. The van der Waals surface area contributed by atoms with E-state index in [0.29, 0.717) is 0 Å². The predicted molar refractivity (Wildman–Crippen MR) is 78.3 cm³/mol. The molecule has 0 bridgehead atoms. The maximum absolute atomic E-state index is 11.4. The number of furan rings is 1. The largest absolute Gasteiger partial charge is 0.465 e. The van der Waals surface area contributed by atoms with E-state index in [1.54, 1.807) is 6.92 Å². The van der Waals surface area contributed by atoms with E-state index < -0.39 is 0 Å². The van der Waals surface area contributed by atoms with Gasteiger partial charge in [-0.05, 0) is 25.5 Å². The Bertz CT molecular complexity index is 450. The molecule has 1 saturated heterocycles. The Hall–Kier alpha value is -1.33. The Morgan fingerprint density at radius 1 is 1.35 bits per heavy atom. The summed E-state index contributed by atoms with van der Waals surface area (Å²) in [5.41, 5.74) is 6.30. The van der Waals surface area contributed by atoms with Crippen LogP contribution in [0, 0.1) is 6.92 Å². The third kappa shape index (κ3) is 3.22. The molecule has 1 aromatic heterocycles. The first kappa shape index (κ1) is 15.1. The molecule has 1 fully saturated rings. The standard InChI is InChI=1S/C15H25N3O2/c1-4-13(16)15(14-6-5-11(2)20-14)18-9-7-17(8-10-18)12(3)19/h5-6,13,15H,4,7-10,16H2,1-3H3. The zero-order valence-electron chi connectivity index (χ0n) is 12.6. The molecule has 112 valence electrons. The van der Waals surface area contributed by atoms with E-state index in [-0.39, 0.29) is 18.0 Å². The molecule has 1 aliphatic rings. The van der Waals surface area contributed by atoms with Gasteiger partial charge in [-0.15, -0.1) is 0 Å². The van der Waals surface area contributed by atoms with Crippen molar-refractivity contribution < 1.29 is 9.21 Å². The van der Waals surface area contributed by atoms with Crippen molar-refractivity contribution in [3.8, 4) is 0 Å². The van der Waals surface area contributed by atoms with Crippen LogP contribution in [0.25, 0.3) is 0 Å². The van der Waals surface area contributed by atoms with Crippen LogP contribution in [0.3, 0.4) is 0 Å². The van der Waals surface area contributed by atoms with Crippen molar-refractivity contribution >= 4 is 5.91 Å². The second-order valence-electron chi connectivity index (χ2n) is 5.51. The molecular weight excluding hydrogens is 254 g/mol. The molecule has 2 heterocycles. The second kappa shape index (κ2) is 6.41. The number of piperazine rings is 1. The summed E-state index contributed by atoms with van der Waals surface area (Å²) < 4.78 is 5.79. The van der Waals surface area contributed by atoms with Gasteiger partial charge in [0.25, 0.3) is 0 Å². The highest BCUT2D eigenvalue weighted by atomic mass is 16.3. The van der Waals surface area contributed by atoms with Crippen LogP contribution >= 0.6 is 0 Å². The van der Waals surface area contributed by atoms with E-state index in [1.807, 2.05) is 24.0 Å². The monoisotopic (exact) mass is 279 g/mol. The number of aryl methyl sites for hydroxylation is 1. The van der Waals surface area contributed by atoms with Crippen LogP contribution in [0.2, 0.25) is 0 Å². The lowest BCUT2D eigenvalue weighted by Crippen LogP contribution is -2.52. The highest BCUT2D eigenvalue weighted by molar-refractivity contribution is 5.73. The number of nitrogens with two attached hydrogens (primary N) is 1. The first-order valence-electron chi connectivity index (χ1n) is 7.34. The fraction of sp³-hybridized carbons (Fsp3) is 0.667. The summed E-state index contributed by atoms with van der Waals surface area (Å²) >= 11 is 0. The number of carbonyl (C=O) groups is 1. The van der Waals surface area contributed by atoms with E-state index in [2.05, 4.69) is 11.8 Å². The molecule has 0 aliphatic carbocycles. The Morgan fingerprint density at radius 3 is 2.45 bits per heavy atom. The quantitative estimate of drug-likeness (QED) is 0.908. The maximum Gasteiger partial charge on any atom is 0.219 e. The summed E-state index contributed by atoms with van der Waals surface area (Å²) in [4.78, 5) is 15.6. The van der Waals surface area contributed by atoms with Gasteiger partial charge in [-0.1, -0.05) is 6.92 Å². The third-order valence-electron chi connectivity index (χ3n) is 4.08. The third-order valence-corrected chi connectivity index (χ3v) is 4.08. The van der Waals surface area contributed by atoms with Gasteiger partial charge in [0.1, 0.15) is 11.5 Å². The minimum atomic E-state index is 0.0458. The van der Waals surface area contributed by atoms with E-state index in [1.165, 1.54) is 0 Å². The van der Waals surface area contributed by atoms with Crippen molar-refractivity contribution in [2.45, 2.75) is 39.3 Å². The van der Waals surface area contributed by atoms with Crippen molar-refractivity contribution in [2.24, 2.45) is 5.73 Å². The molecule has 0 spiro atoms. The number of carbonyl (C=O) groups excluding carboxylic acids is 1. The predicted octanol–water partition coefficient (Wildman–Crippen LogP) is 1.53. The first-order valence-corrected chi connectivity index (χ1v) is 7.34. The van der Waals surface area contributed by atoms with Gasteiger partial charge in [0.05, 0.1) is 6.04 Å². The fourth-order valence-corrected chi connectivity index (χ4v) is 2.81. The van der Waals surface area contributed by atoms with Gasteiger partial charge in [0.2, 0.25) is 5.91 Å².